The second-order valence-electron chi connectivity index (χ2n) is 4.73. The number of benzene rings is 1. The smallest absolute Gasteiger partial charge is 0.163 e. The summed E-state index contributed by atoms with van der Waals surface area (Å²) in [5.74, 6) is 1.16. The van der Waals surface area contributed by atoms with Crippen LogP contribution in [0.3, 0.4) is 0 Å². The lowest BCUT2D eigenvalue weighted by Gasteiger charge is -2.18. The first-order valence-electron chi connectivity index (χ1n) is 5.88. The molecule has 1 aromatic rings. The molecule has 0 saturated heterocycles. The minimum atomic E-state index is 0.0425. The third kappa shape index (κ3) is 4.57. The second kappa shape index (κ2) is 6.40. The quantitative estimate of drug-likeness (QED) is 0.709. The molecule has 0 fully saturated rings. The number of ether oxygens (including phenoxy) is 1. The molecule has 0 amide bonds. The molecule has 3 heteroatoms. The van der Waals surface area contributed by atoms with Gasteiger partial charge in [-0.1, -0.05) is 19.1 Å². The van der Waals surface area contributed by atoms with Crippen molar-refractivity contribution in [3.63, 3.8) is 0 Å². The highest BCUT2D eigenvalue weighted by molar-refractivity contribution is 5.96. The van der Waals surface area contributed by atoms with E-state index < -0.39 is 0 Å². The summed E-state index contributed by atoms with van der Waals surface area (Å²) in [6.07, 6.45) is 0. The van der Waals surface area contributed by atoms with E-state index in [2.05, 4.69) is 11.8 Å². The van der Waals surface area contributed by atoms with Crippen molar-refractivity contribution in [2.24, 2.45) is 5.92 Å². The van der Waals surface area contributed by atoms with Crippen molar-refractivity contribution < 1.29 is 9.53 Å². The van der Waals surface area contributed by atoms with Gasteiger partial charge in [-0.25, -0.2) is 0 Å². The van der Waals surface area contributed by atoms with Gasteiger partial charge in [0.2, 0.25) is 0 Å². The predicted molar refractivity (Wildman–Crippen MR) is 69.7 cm³/mol. The molecule has 3 nitrogen and oxygen atoms in total. The molecule has 1 rings (SSSR count). The van der Waals surface area contributed by atoms with Crippen LogP contribution >= 0.6 is 0 Å². The molecule has 0 aliphatic rings. The molecular weight excluding hydrogens is 214 g/mol. The molecule has 0 radical (unpaired) electrons. The Labute approximate surface area is 103 Å². The Balaban J connectivity index is 2.60. The van der Waals surface area contributed by atoms with Crippen LogP contribution < -0.4 is 4.74 Å². The van der Waals surface area contributed by atoms with Gasteiger partial charge in [0.05, 0.1) is 12.2 Å². The highest BCUT2D eigenvalue weighted by Crippen LogP contribution is 2.19. The number of carbonyl (C=O) groups excluding carboxylic acids is 1. The molecule has 94 valence electrons. The molecular formula is C14H21NO2. The van der Waals surface area contributed by atoms with Crippen molar-refractivity contribution in [1.29, 1.82) is 0 Å². The van der Waals surface area contributed by atoms with E-state index in [1.54, 1.807) is 13.0 Å². The normalized spacial score (nSPS) is 12.5. The lowest BCUT2D eigenvalue weighted by molar-refractivity contribution is 0.101. The van der Waals surface area contributed by atoms with E-state index in [1.165, 1.54) is 0 Å². The van der Waals surface area contributed by atoms with Gasteiger partial charge in [0.25, 0.3) is 0 Å². The standard InChI is InChI=1S/C14H21NO2/c1-11(9-15(3)4)10-17-14-8-6-5-7-13(14)12(2)16/h5-8,11H,9-10H2,1-4H3. The Kier molecular flexibility index (Phi) is 5.16. The van der Waals surface area contributed by atoms with Crippen molar-refractivity contribution in [2.75, 3.05) is 27.2 Å². The maximum atomic E-state index is 11.4. The first-order valence-corrected chi connectivity index (χ1v) is 5.88. The topological polar surface area (TPSA) is 29.5 Å². The van der Waals surface area contributed by atoms with E-state index in [0.717, 1.165) is 6.54 Å². The summed E-state index contributed by atoms with van der Waals surface area (Å²) < 4.78 is 5.71. The van der Waals surface area contributed by atoms with Crippen LogP contribution in [0.25, 0.3) is 0 Å². The van der Waals surface area contributed by atoms with Crippen LogP contribution in [-0.4, -0.2) is 37.9 Å². The molecule has 1 atom stereocenters. The van der Waals surface area contributed by atoms with E-state index in [-0.39, 0.29) is 5.78 Å². The zero-order valence-electron chi connectivity index (χ0n) is 11.1. The van der Waals surface area contributed by atoms with E-state index in [1.807, 2.05) is 32.3 Å². The Morgan fingerprint density at radius 1 is 1.35 bits per heavy atom. The number of ketones is 1. The van der Waals surface area contributed by atoms with Gasteiger partial charge in [0.1, 0.15) is 5.75 Å². The van der Waals surface area contributed by atoms with Crippen LogP contribution in [0.4, 0.5) is 0 Å². The average Bonchev–Trinajstić information content (AvgIpc) is 2.25. The fourth-order valence-electron chi connectivity index (χ4n) is 1.79. The predicted octanol–water partition coefficient (Wildman–Crippen LogP) is 2.47. The summed E-state index contributed by atoms with van der Waals surface area (Å²) >= 11 is 0. The van der Waals surface area contributed by atoms with Crippen LogP contribution in [0.2, 0.25) is 0 Å². The number of rotatable bonds is 6. The highest BCUT2D eigenvalue weighted by atomic mass is 16.5. The molecule has 0 saturated carbocycles. The van der Waals surface area contributed by atoms with Crippen LogP contribution in [0.1, 0.15) is 24.2 Å². The van der Waals surface area contributed by atoms with Gasteiger partial charge in [-0.2, -0.15) is 0 Å². The van der Waals surface area contributed by atoms with Crippen molar-refractivity contribution >= 4 is 5.78 Å². The van der Waals surface area contributed by atoms with Gasteiger partial charge in [0, 0.05) is 12.5 Å². The van der Waals surface area contributed by atoms with E-state index in [0.29, 0.717) is 23.8 Å². The molecule has 17 heavy (non-hydrogen) atoms. The molecule has 0 N–H and O–H groups in total. The van der Waals surface area contributed by atoms with Gasteiger partial charge in [-0.15, -0.1) is 0 Å². The maximum Gasteiger partial charge on any atom is 0.163 e. The monoisotopic (exact) mass is 235 g/mol. The number of hydrogen-bond acceptors (Lipinski definition) is 3. The summed E-state index contributed by atoms with van der Waals surface area (Å²) in [5, 5.41) is 0. The average molecular weight is 235 g/mol. The van der Waals surface area contributed by atoms with Crippen molar-refractivity contribution in [1.82, 2.24) is 4.90 Å². The number of para-hydroxylation sites is 1. The first-order chi connectivity index (χ1) is 8.00. The number of nitrogens with zero attached hydrogens (tertiary/aromatic N) is 1. The Morgan fingerprint density at radius 3 is 2.59 bits per heavy atom. The third-order valence-corrected chi connectivity index (χ3v) is 2.47. The largest absolute Gasteiger partial charge is 0.493 e. The van der Waals surface area contributed by atoms with Crippen LogP contribution in [0, 0.1) is 5.92 Å². The van der Waals surface area contributed by atoms with Gasteiger partial charge in [0.15, 0.2) is 5.78 Å². The first kappa shape index (κ1) is 13.7. The van der Waals surface area contributed by atoms with Crippen molar-refractivity contribution in [2.45, 2.75) is 13.8 Å². The second-order valence-corrected chi connectivity index (χ2v) is 4.73. The SMILES string of the molecule is CC(=O)c1ccccc1OCC(C)CN(C)C. The van der Waals surface area contributed by atoms with Gasteiger partial charge >= 0.3 is 0 Å². The highest BCUT2D eigenvalue weighted by Gasteiger charge is 2.09. The molecule has 0 aliphatic carbocycles. The molecule has 1 aromatic carbocycles. The van der Waals surface area contributed by atoms with Gasteiger partial charge in [-0.3, -0.25) is 4.79 Å². The minimum Gasteiger partial charge on any atom is -0.493 e. The molecule has 0 aliphatic heterocycles. The summed E-state index contributed by atoms with van der Waals surface area (Å²) in [6, 6.07) is 7.39. The van der Waals surface area contributed by atoms with Crippen molar-refractivity contribution in [3.05, 3.63) is 29.8 Å². The third-order valence-electron chi connectivity index (χ3n) is 2.47. The minimum absolute atomic E-state index is 0.0425. The van der Waals surface area contributed by atoms with E-state index in [4.69, 9.17) is 4.74 Å². The Morgan fingerprint density at radius 2 is 2.00 bits per heavy atom. The number of carbonyl (C=O) groups is 1. The van der Waals surface area contributed by atoms with Crippen LogP contribution in [-0.2, 0) is 0 Å². The van der Waals surface area contributed by atoms with Crippen LogP contribution in [0.15, 0.2) is 24.3 Å². The number of Topliss-reactive ketones (excluding diaryl/α,β-unsaturated/α-hetero) is 1. The fourth-order valence-corrected chi connectivity index (χ4v) is 1.79. The zero-order chi connectivity index (χ0) is 12.8. The molecule has 0 spiro atoms. The zero-order valence-corrected chi connectivity index (χ0v) is 11.1. The van der Waals surface area contributed by atoms with Gasteiger partial charge < -0.3 is 9.64 Å². The van der Waals surface area contributed by atoms with Crippen LogP contribution in [0.5, 0.6) is 5.75 Å². The summed E-state index contributed by atoms with van der Waals surface area (Å²) in [4.78, 5) is 13.5. The summed E-state index contributed by atoms with van der Waals surface area (Å²) in [6.45, 7) is 5.30. The molecule has 0 heterocycles. The fraction of sp³-hybridized carbons (Fsp3) is 0.500. The van der Waals surface area contributed by atoms with E-state index in [9.17, 15) is 4.79 Å². The molecule has 1 unspecified atom stereocenters. The summed E-state index contributed by atoms with van der Waals surface area (Å²) in [7, 11) is 4.08. The van der Waals surface area contributed by atoms with Gasteiger partial charge in [-0.05, 0) is 33.2 Å². The van der Waals surface area contributed by atoms with Crippen molar-refractivity contribution in [3.8, 4) is 5.75 Å². The summed E-state index contributed by atoms with van der Waals surface area (Å²) in [5.41, 5.74) is 0.657. The molecule has 0 bridgehead atoms. The Hall–Kier alpha value is -1.35. The maximum absolute atomic E-state index is 11.4. The Bertz CT molecular complexity index is 374. The van der Waals surface area contributed by atoms with E-state index >= 15 is 0 Å². The lowest BCUT2D eigenvalue weighted by Crippen LogP contribution is -2.24. The lowest BCUT2D eigenvalue weighted by atomic mass is 10.1. The number of hydrogen-bond donors (Lipinski definition) is 0. The molecule has 0 aromatic heterocycles.